The number of hydrogen-bond acceptors (Lipinski definition) is 5. The van der Waals surface area contributed by atoms with Crippen molar-refractivity contribution in [2.24, 2.45) is 0 Å². The third-order valence-corrected chi connectivity index (χ3v) is 6.48. The lowest BCUT2D eigenvalue weighted by atomic mass is 10.1. The van der Waals surface area contributed by atoms with E-state index in [-0.39, 0.29) is 5.91 Å². The number of nitrogens with zero attached hydrogens (tertiary/aromatic N) is 2. The van der Waals surface area contributed by atoms with Crippen molar-refractivity contribution in [1.29, 1.82) is 0 Å². The first-order valence-corrected chi connectivity index (χ1v) is 13.3. The maximum Gasteiger partial charge on any atom is 0.343 e. The van der Waals surface area contributed by atoms with Gasteiger partial charge in [0.2, 0.25) is 5.91 Å². The van der Waals surface area contributed by atoms with Crippen molar-refractivity contribution < 1.29 is 19.1 Å². The molecule has 4 rings (SSSR count). The molecule has 3 aromatic carbocycles. The first-order valence-electron chi connectivity index (χ1n) is 13.3. The van der Waals surface area contributed by atoms with Gasteiger partial charge in [0.05, 0.1) is 12.7 Å². The zero-order chi connectivity index (χ0) is 27.3. The molecule has 0 fully saturated rings. The number of amides is 1. The van der Waals surface area contributed by atoms with Crippen molar-refractivity contribution in [3.05, 3.63) is 126 Å². The van der Waals surface area contributed by atoms with Crippen molar-refractivity contribution in [2.45, 2.75) is 38.6 Å². The summed E-state index contributed by atoms with van der Waals surface area (Å²) in [6, 6.07) is 30.4. The monoisotopic (exact) mass is 522 g/mol. The Balaban J connectivity index is 1.41. The van der Waals surface area contributed by atoms with Crippen LogP contribution in [0.5, 0.6) is 11.5 Å². The summed E-state index contributed by atoms with van der Waals surface area (Å²) in [5, 5.41) is 0. The second-order valence-electron chi connectivity index (χ2n) is 9.32. The summed E-state index contributed by atoms with van der Waals surface area (Å²) in [6.45, 7) is 0.981. The van der Waals surface area contributed by atoms with Crippen LogP contribution in [0, 0.1) is 0 Å². The van der Waals surface area contributed by atoms with E-state index in [1.807, 2.05) is 59.5 Å². The lowest BCUT2D eigenvalue weighted by Gasteiger charge is -2.23. The van der Waals surface area contributed by atoms with Gasteiger partial charge in [0, 0.05) is 37.8 Å². The number of ether oxygens (including phenoxy) is 2. The molecule has 4 aromatic rings. The molecule has 0 N–H and O–H groups in total. The third kappa shape index (κ3) is 8.54. The number of benzene rings is 3. The highest BCUT2D eigenvalue weighted by Crippen LogP contribution is 2.29. The lowest BCUT2D eigenvalue weighted by Crippen LogP contribution is -2.32. The molecule has 200 valence electrons. The van der Waals surface area contributed by atoms with Crippen LogP contribution in [-0.2, 0) is 24.2 Å². The second kappa shape index (κ2) is 14.5. The van der Waals surface area contributed by atoms with E-state index in [4.69, 9.17) is 9.47 Å². The molecule has 0 aliphatic carbocycles. The number of carbonyl (C=O) groups is 2. The number of rotatable bonds is 13. The number of aromatic nitrogens is 1. The molecule has 1 amide bonds. The van der Waals surface area contributed by atoms with E-state index in [1.54, 1.807) is 36.5 Å². The summed E-state index contributed by atoms with van der Waals surface area (Å²) in [7, 11) is 1.54. The highest BCUT2D eigenvalue weighted by Gasteiger charge is 2.17. The quantitative estimate of drug-likeness (QED) is 0.117. The van der Waals surface area contributed by atoms with Crippen LogP contribution in [0.1, 0.15) is 46.4 Å². The normalized spacial score (nSPS) is 10.6. The molecule has 39 heavy (non-hydrogen) atoms. The van der Waals surface area contributed by atoms with Crippen molar-refractivity contribution >= 4 is 11.9 Å². The summed E-state index contributed by atoms with van der Waals surface area (Å²) in [4.78, 5) is 32.1. The molecule has 0 aliphatic heterocycles. The van der Waals surface area contributed by atoms with Gasteiger partial charge in [-0.2, -0.15) is 0 Å². The van der Waals surface area contributed by atoms with Crippen LogP contribution in [0.2, 0.25) is 0 Å². The molecule has 6 nitrogen and oxygen atoms in total. The largest absolute Gasteiger partial charge is 0.493 e. The van der Waals surface area contributed by atoms with E-state index < -0.39 is 5.97 Å². The smallest absolute Gasteiger partial charge is 0.343 e. The summed E-state index contributed by atoms with van der Waals surface area (Å²) >= 11 is 0. The maximum absolute atomic E-state index is 13.3. The Morgan fingerprint density at radius 3 is 2.23 bits per heavy atom. The van der Waals surface area contributed by atoms with Crippen LogP contribution < -0.4 is 9.47 Å². The average molecular weight is 523 g/mol. The van der Waals surface area contributed by atoms with Gasteiger partial charge in [-0.15, -0.1) is 0 Å². The van der Waals surface area contributed by atoms with Crippen molar-refractivity contribution in [3.8, 4) is 11.5 Å². The Bertz CT molecular complexity index is 1330. The van der Waals surface area contributed by atoms with Crippen LogP contribution in [0.4, 0.5) is 0 Å². The van der Waals surface area contributed by atoms with Crippen LogP contribution >= 0.6 is 0 Å². The molecule has 0 saturated heterocycles. The Labute approximate surface area is 230 Å². The van der Waals surface area contributed by atoms with Gasteiger partial charge in [0.15, 0.2) is 11.5 Å². The number of esters is 1. The zero-order valence-corrected chi connectivity index (χ0v) is 22.3. The van der Waals surface area contributed by atoms with Gasteiger partial charge in [0.25, 0.3) is 0 Å². The second-order valence-corrected chi connectivity index (χ2v) is 9.32. The molecule has 0 bridgehead atoms. The number of carbonyl (C=O) groups excluding carboxylic acids is 2. The molecule has 0 saturated carbocycles. The Hall–Kier alpha value is -4.45. The summed E-state index contributed by atoms with van der Waals surface area (Å²) < 4.78 is 11.1. The standard InChI is InChI=1S/C33H34N2O4/c1-38-31-24-27(19-20-30(31)39-33(37)28-15-6-3-7-16-28)25-35(23-21-29-17-10-11-22-34-29)32(36)18-9-8-14-26-12-4-2-5-13-26/h2-7,10-13,15-17,19-20,22,24H,8-9,14,18,21,23,25H2,1H3. The molecule has 1 heterocycles. The number of aryl methyl sites for hydroxylation is 1. The maximum atomic E-state index is 13.3. The number of methoxy groups -OCH3 is 1. The summed E-state index contributed by atoms with van der Waals surface area (Å²) in [6.07, 6.45) is 5.66. The zero-order valence-electron chi connectivity index (χ0n) is 22.3. The van der Waals surface area contributed by atoms with E-state index in [2.05, 4.69) is 17.1 Å². The Kier molecular flexibility index (Phi) is 10.2. The van der Waals surface area contributed by atoms with Crippen LogP contribution in [0.25, 0.3) is 0 Å². The number of unbranched alkanes of at least 4 members (excludes halogenated alkanes) is 1. The van der Waals surface area contributed by atoms with E-state index in [1.165, 1.54) is 12.7 Å². The Morgan fingerprint density at radius 1 is 0.769 bits per heavy atom. The minimum atomic E-state index is -0.454. The molecular formula is C33H34N2O4. The molecule has 0 spiro atoms. The topological polar surface area (TPSA) is 68.7 Å². The number of pyridine rings is 1. The van der Waals surface area contributed by atoms with Gasteiger partial charge in [-0.05, 0) is 66.8 Å². The molecule has 0 unspecified atom stereocenters. The van der Waals surface area contributed by atoms with E-state index in [9.17, 15) is 9.59 Å². The van der Waals surface area contributed by atoms with Crippen molar-refractivity contribution in [2.75, 3.05) is 13.7 Å². The highest BCUT2D eigenvalue weighted by atomic mass is 16.6. The molecule has 0 aliphatic rings. The fourth-order valence-corrected chi connectivity index (χ4v) is 4.34. The Morgan fingerprint density at radius 2 is 1.51 bits per heavy atom. The summed E-state index contributed by atoms with van der Waals surface area (Å²) in [5.41, 5.74) is 3.59. The van der Waals surface area contributed by atoms with Crippen molar-refractivity contribution in [1.82, 2.24) is 9.88 Å². The predicted molar refractivity (Wildman–Crippen MR) is 152 cm³/mol. The molecule has 0 atom stereocenters. The molecular weight excluding hydrogens is 488 g/mol. The van der Waals surface area contributed by atoms with Gasteiger partial charge < -0.3 is 14.4 Å². The van der Waals surface area contributed by atoms with Gasteiger partial charge in [0.1, 0.15) is 0 Å². The van der Waals surface area contributed by atoms with Crippen LogP contribution in [0.3, 0.4) is 0 Å². The predicted octanol–water partition coefficient (Wildman–Crippen LogP) is 6.29. The van der Waals surface area contributed by atoms with Gasteiger partial charge in [-0.1, -0.05) is 60.7 Å². The van der Waals surface area contributed by atoms with E-state index >= 15 is 0 Å². The molecule has 1 aromatic heterocycles. The van der Waals surface area contributed by atoms with Gasteiger partial charge in [-0.3, -0.25) is 9.78 Å². The first kappa shape index (κ1) is 27.6. The first-order chi connectivity index (χ1) is 19.1. The minimum Gasteiger partial charge on any atom is -0.493 e. The SMILES string of the molecule is COc1cc(CN(CCc2ccccn2)C(=O)CCCCc2ccccc2)ccc1OC(=O)c1ccccc1. The van der Waals surface area contributed by atoms with E-state index in [0.717, 1.165) is 30.5 Å². The van der Waals surface area contributed by atoms with Crippen LogP contribution in [-0.4, -0.2) is 35.4 Å². The van der Waals surface area contributed by atoms with Crippen LogP contribution in [0.15, 0.2) is 103 Å². The third-order valence-electron chi connectivity index (χ3n) is 6.48. The highest BCUT2D eigenvalue weighted by molar-refractivity contribution is 5.91. The van der Waals surface area contributed by atoms with Gasteiger partial charge in [-0.25, -0.2) is 4.79 Å². The fourth-order valence-electron chi connectivity index (χ4n) is 4.34. The molecule has 6 heteroatoms. The number of hydrogen-bond donors (Lipinski definition) is 0. The average Bonchev–Trinajstić information content (AvgIpc) is 2.99. The minimum absolute atomic E-state index is 0.109. The van der Waals surface area contributed by atoms with Crippen molar-refractivity contribution in [3.63, 3.8) is 0 Å². The fraction of sp³-hybridized carbons (Fsp3) is 0.242. The molecule has 0 radical (unpaired) electrons. The lowest BCUT2D eigenvalue weighted by molar-refractivity contribution is -0.131. The van der Waals surface area contributed by atoms with E-state index in [0.29, 0.717) is 43.0 Å². The summed E-state index contributed by atoms with van der Waals surface area (Å²) in [5.74, 6) is 0.431. The van der Waals surface area contributed by atoms with Gasteiger partial charge >= 0.3 is 5.97 Å².